The van der Waals surface area contributed by atoms with Crippen LogP contribution in [0.5, 0.6) is 5.75 Å². The summed E-state index contributed by atoms with van der Waals surface area (Å²) in [6.45, 7) is 4.83. The molecule has 1 aliphatic carbocycles. The van der Waals surface area contributed by atoms with Crippen LogP contribution in [0.2, 0.25) is 0 Å². The third-order valence-electron chi connectivity index (χ3n) is 5.74. The molecular formula is C18H25NO. The molecule has 2 aliphatic heterocycles. The van der Waals surface area contributed by atoms with E-state index in [4.69, 9.17) is 4.74 Å². The van der Waals surface area contributed by atoms with Crippen LogP contribution in [-0.2, 0) is 12.0 Å². The van der Waals surface area contributed by atoms with E-state index in [1.165, 1.54) is 49.8 Å². The zero-order valence-corrected chi connectivity index (χ0v) is 12.7. The Hall–Kier alpha value is -1.02. The molecule has 2 fully saturated rings. The van der Waals surface area contributed by atoms with Crippen molar-refractivity contribution in [3.8, 4) is 5.75 Å². The van der Waals surface area contributed by atoms with Gasteiger partial charge in [-0.25, -0.2) is 0 Å². The summed E-state index contributed by atoms with van der Waals surface area (Å²) >= 11 is 0. The first-order chi connectivity index (χ1) is 9.68. The van der Waals surface area contributed by atoms with Crippen LogP contribution >= 0.6 is 0 Å². The lowest BCUT2D eigenvalue weighted by atomic mass is 9.69. The van der Waals surface area contributed by atoms with Crippen molar-refractivity contribution in [1.29, 1.82) is 0 Å². The Bertz CT molecular complexity index is 522. The van der Waals surface area contributed by atoms with E-state index in [2.05, 4.69) is 30.0 Å². The molecule has 2 nitrogen and oxygen atoms in total. The molecule has 0 aromatic heterocycles. The molecule has 3 atom stereocenters. The van der Waals surface area contributed by atoms with Crippen LogP contribution < -0.4 is 4.74 Å². The largest absolute Gasteiger partial charge is 0.497 e. The molecule has 1 saturated carbocycles. The lowest BCUT2D eigenvalue weighted by molar-refractivity contribution is 0.0621. The molecule has 4 rings (SSSR count). The predicted molar refractivity (Wildman–Crippen MR) is 81.1 cm³/mol. The molecule has 3 unspecified atom stereocenters. The van der Waals surface area contributed by atoms with Crippen LogP contribution in [0.4, 0.5) is 0 Å². The van der Waals surface area contributed by atoms with E-state index in [-0.39, 0.29) is 0 Å². The molecule has 1 saturated heterocycles. The summed E-state index contributed by atoms with van der Waals surface area (Å²) in [6.07, 6.45) is 7.12. The molecule has 0 radical (unpaired) electrons. The second-order valence-electron chi connectivity index (χ2n) is 7.36. The zero-order chi connectivity index (χ0) is 13.7. The van der Waals surface area contributed by atoms with E-state index >= 15 is 0 Å². The predicted octanol–water partition coefficient (Wildman–Crippen LogP) is 3.73. The van der Waals surface area contributed by atoms with Gasteiger partial charge in [0.05, 0.1) is 7.11 Å². The SMILES string of the molecule is COc1ccc2c(c1)C1(C)CCC(CC3CC3)N(C2)C1. The van der Waals surface area contributed by atoms with Gasteiger partial charge in [-0.1, -0.05) is 25.8 Å². The van der Waals surface area contributed by atoms with Gasteiger partial charge in [0, 0.05) is 24.5 Å². The summed E-state index contributed by atoms with van der Waals surface area (Å²) in [6, 6.07) is 7.54. The lowest BCUT2D eigenvalue weighted by Crippen LogP contribution is -2.53. The maximum atomic E-state index is 5.43. The quantitative estimate of drug-likeness (QED) is 0.830. The van der Waals surface area contributed by atoms with Crippen LogP contribution in [0, 0.1) is 5.92 Å². The van der Waals surface area contributed by atoms with Crippen molar-refractivity contribution in [2.75, 3.05) is 13.7 Å². The summed E-state index contributed by atoms with van der Waals surface area (Å²) in [4.78, 5) is 2.76. The zero-order valence-electron chi connectivity index (χ0n) is 12.7. The highest BCUT2D eigenvalue weighted by Gasteiger charge is 2.43. The lowest BCUT2D eigenvalue weighted by Gasteiger charge is -2.50. The Kier molecular flexibility index (Phi) is 2.85. The molecular weight excluding hydrogens is 246 g/mol. The van der Waals surface area contributed by atoms with Gasteiger partial charge in [0.15, 0.2) is 0 Å². The smallest absolute Gasteiger partial charge is 0.119 e. The first kappa shape index (κ1) is 12.7. The van der Waals surface area contributed by atoms with E-state index in [1.807, 2.05) is 0 Å². The standard InChI is InChI=1S/C18H25NO/c1-18-8-7-15(9-13-3-4-13)19(12-18)11-14-5-6-16(20-2)10-17(14)18/h5-6,10,13,15H,3-4,7-9,11-12H2,1-2H3. The first-order valence-corrected chi connectivity index (χ1v) is 8.09. The Labute approximate surface area is 122 Å². The fourth-order valence-electron chi connectivity index (χ4n) is 4.34. The number of hydrogen-bond acceptors (Lipinski definition) is 2. The molecule has 0 amide bonds. The molecule has 2 bridgehead atoms. The van der Waals surface area contributed by atoms with Gasteiger partial charge in [0.2, 0.25) is 0 Å². The van der Waals surface area contributed by atoms with Crippen molar-refractivity contribution in [2.45, 2.75) is 57.0 Å². The maximum Gasteiger partial charge on any atom is 0.119 e. The van der Waals surface area contributed by atoms with Gasteiger partial charge in [-0.05, 0) is 48.4 Å². The minimum absolute atomic E-state index is 0.335. The highest BCUT2D eigenvalue weighted by atomic mass is 16.5. The third kappa shape index (κ3) is 2.05. The fourth-order valence-corrected chi connectivity index (χ4v) is 4.34. The molecule has 1 aromatic rings. The average molecular weight is 271 g/mol. The number of ether oxygens (including phenoxy) is 1. The van der Waals surface area contributed by atoms with Gasteiger partial charge in [-0.2, -0.15) is 0 Å². The minimum Gasteiger partial charge on any atom is -0.497 e. The maximum absolute atomic E-state index is 5.43. The Morgan fingerprint density at radius 3 is 2.90 bits per heavy atom. The average Bonchev–Trinajstić information content (AvgIpc) is 3.26. The minimum atomic E-state index is 0.335. The molecule has 0 spiro atoms. The molecule has 2 heteroatoms. The summed E-state index contributed by atoms with van der Waals surface area (Å²) < 4.78 is 5.43. The first-order valence-electron chi connectivity index (χ1n) is 8.09. The van der Waals surface area contributed by atoms with Crippen LogP contribution in [0.3, 0.4) is 0 Å². The van der Waals surface area contributed by atoms with E-state index in [9.17, 15) is 0 Å². The van der Waals surface area contributed by atoms with Crippen LogP contribution in [0.1, 0.15) is 50.2 Å². The Balaban J connectivity index is 1.65. The number of methoxy groups -OCH3 is 1. The summed E-state index contributed by atoms with van der Waals surface area (Å²) in [5.74, 6) is 2.06. The van der Waals surface area contributed by atoms with Crippen molar-refractivity contribution in [1.82, 2.24) is 4.90 Å². The third-order valence-corrected chi connectivity index (χ3v) is 5.74. The number of fused-ring (bicyclic) bond motifs is 4. The van der Waals surface area contributed by atoms with Crippen molar-refractivity contribution in [2.24, 2.45) is 5.92 Å². The van der Waals surface area contributed by atoms with E-state index < -0.39 is 0 Å². The molecule has 3 aliphatic rings. The summed E-state index contributed by atoms with van der Waals surface area (Å²) in [5, 5.41) is 0. The van der Waals surface area contributed by atoms with Crippen LogP contribution in [0.25, 0.3) is 0 Å². The highest BCUT2D eigenvalue weighted by Crippen LogP contribution is 2.46. The molecule has 2 heterocycles. The fraction of sp³-hybridized carbons (Fsp3) is 0.667. The van der Waals surface area contributed by atoms with Gasteiger partial charge < -0.3 is 4.74 Å². The van der Waals surface area contributed by atoms with Crippen LogP contribution in [0.15, 0.2) is 18.2 Å². The monoisotopic (exact) mass is 271 g/mol. The topological polar surface area (TPSA) is 12.5 Å². The Morgan fingerprint density at radius 1 is 1.30 bits per heavy atom. The Morgan fingerprint density at radius 2 is 2.15 bits per heavy atom. The second-order valence-corrected chi connectivity index (χ2v) is 7.36. The van der Waals surface area contributed by atoms with Crippen molar-refractivity contribution < 1.29 is 4.74 Å². The van der Waals surface area contributed by atoms with Crippen molar-refractivity contribution in [3.05, 3.63) is 29.3 Å². The molecule has 108 valence electrons. The molecule has 1 aromatic carbocycles. The van der Waals surface area contributed by atoms with Crippen molar-refractivity contribution >= 4 is 0 Å². The molecule has 20 heavy (non-hydrogen) atoms. The van der Waals surface area contributed by atoms with Gasteiger partial charge >= 0.3 is 0 Å². The highest BCUT2D eigenvalue weighted by molar-refractivity contribution is 5.43. The van der Waals surface area contributed by atoms with E-state index in [1.54, 1.807) is 7.11 Å². The van der Waals surface area contributed by atoms with E-state index in [0.717, 1.165) is 24.3 Å². The normalized spacial score (nSPS) is 35.5. The number of nitrogens with zero attached hydrogens (tertiary/aromatic N) is 1. The number of hydrogen-bond donors (Lipinski definition) is 0. The van der Waals surface area contributed by atoms with E-state index in [0.29, 0.717) is 5.41 Å². The summed E-state index contributed by atoms with van der Waals surface area (Å²) in [7, 11) is 1.77. The number of rotatable bonds is 3. The van der Waals surface area contributed by atoms with Crippen LogP contribution in [-0.4, -0.2) is 24.6 Å². The van der Waals surface area contributed by atoms with Gasteiger partial charge in [-0.3, -0.25) is 4.90 Å². The molecule has 0 N–H and O–H groups in total. The summed E-state index contributed by atoms with van der Waals surface area (Å²) in [5.41, 5.74) is 3.40. The van der Waals surface area contributed by atoms with Crippen molar-refractivity contribution in [3.63, 3.8) is 0 Å². The number of piperidine rings is 1. The second kappa shape index (κ2) is 4.49. The number of benzene rings is 1. The van der Waals surface area contributed by atoms with Gasteiger partial charge in [0.25, 0.3) is 0 Å². The van der Waals surface area contributed by atoms with Gasteiger partial charge in [-0.15, -0.1) is 0 Å². The van der Waals surface area contributed by atoms with Gasteiger partial charge in [0.1, 0.15) is 5.75 Å².